The Morgan fingerprint density at radius 3 is 2.16 bits per heavy atom. The van der Waals surface area contributed by atoms with Gasteiger partial charge in [-0.3, -0.25) is 19.2 Å². The zero-order valence-corrected chi connectivity index (χ0v) is 49.7. The lowest BCUT2D eigenvalue weighted by Gasteiger charge is -2.50. The summed E-state index contributed by atoms with van der Waals surface area (Å²) in [6.45, 7) is 18.2. The van der Waals surface area contributed by atoms with Crippen molar-refractivity contribution in [3.63, 3.8) is 0 Å². The molecule has 22 nitrogen and oxygen atoms in total. The molecule has 1 aromatic heterocycles. The number of Topliss-reactive ketones (excluding diaryl/α,β-unsaturated/α-hetero) is 1. The van der Waals surface area contributed by atoms with Gasteiger partial charge in [0.15, 0.2) is 18.7 Å². The number of likely N-dealkylation sites (N-methyl/N-ethyl adjacent to an activating group) is 1. The molecule has 18 atom stereocenters. The number of carboxylic acid groups (broad SMARTS) is 1. The van der Waals surface area contributed by atoms with E-state index in [0.717, 1.165) is 18.9 Å². The van der Waals surface area contributed by atoms with E-state index in [1.54, 1.807) is 46.1 Å². The van der Waals surface area contributed by atoms with Crippen LogP contribution in [0.4, 0.5) is 10.1 Å². The zero-order valence-electron chi connectivity index (χ0n) is 49.7. The average molecular weight is 1150 g/mol. The first kappa shape index (κ1) is 65.9. The maximum Gasteiger partial charge on any atom is 0.341 e. The lowest BCUT2D eigenvalue weighted by molar-refractivity contribution is -0.320. The fraction of sp³-hybridized carbons (Fsp3) is 0.776. The minimum Gasteiger partial charge on any atom is -0.477 e. The number of carbonyl (C=O) groups is 4. The number of nitrogens with one attached hydrogen (secondary N) is 2. The fourth-order valence-corrected chi connectivity index (χ4v) is 12.1. The van der Waals surface area contributed by atoms with E-state index < -0.39 is 130 Å². The Morgan fingerprint density at radius 1 is 0.889 bits per heavy atom. The van der Waals surface area contributed by atoms with Crippen molar-refractivity contribution in [3.8, 4) is 0 Å². The topological polar surface area (TPSA) is 282 Å². The second kappa shape index (κ2) is 27.6. The summed E-state index contributed by atoms with van der Waals surface area (Å²) in [4.78, 5) is 68.7. The molecule has 0 spiro atoms. The summed E-state index contributed by atoms with van der Waals surface area (Å²) in [6, 6.07) is 2.28. The lowest BCUT2D eigenvalue weighted by atomic mass is 9.74. The number of ketones is 1. The highest BCUT2D eigenvalue weighted by molar-refractivity contribution is 5.93. The number of halogens is 1. The quantitative estimate of drug-likeness (QED) is 0.0737. The van der Waals surface area contributed by atoms with Crippen molar-refractivity contribution in [1.82, 2.24) is 14.8 Å². The number of ether oxygens (including phenoxy) is 9. The van der Waals surface area contributed by atoms with Gasteiger partial charge in [0.05, 0.1) is 72.9 Å². The molecule has 4 heterocycles. The molecule has 4 fully saturated rings. The van der Waals surface area contributed by atoms with Gasteiger partial charge in [-0.2, -0.15) is 0 Å². The first-order valence-electron chi connectivity index (χ1n) is 28.6. The number of aromatic nitrogens is 1. The Bertz CT molecular complexity index is 2550. The van der Waals surface area contributed by atoms with Crippen molar-refractivity contribution in [2.75, 3.05) is 66.5 Å². The number of pyridine rings is 1. The standard InChI is InChI=1S/C58H91FN4O18/c1-15-43-58(10,72)50(68)32(4)46(65)30(2)27-56(8,73-13)51(81-55-48(67)42(62(11)12)24-31(3)76-55)33(5)49(34(6)54(71)78-43)80-45-28-57(9,74-14)52(35(7)77-45)79-44(64)18-19-60-20-22-75-23-21-61-40-26-41-37(25-39(40)59)47(66)38(53(69)70)29-63(41)36-16-17-36/h25-26,29-36,42-43,45,48-52,55,60-61,67-68,72H,15-24,27-28H2,1-14H3,(H,69,70)/t30-,31-,32+,33+,34-,35+,42+,43-,45?,48-,49+,50-,51-,52+,55?,56-,57-,58-/m1/s1. The van der Waals surface area contributed by atoms with Gasteiger partial charge in [-0.05, 0) is 99.9 Å². The van der Waals surface area contributed by atoms with Crippen molar-refractivity contribution >= 4 is 40.3 Å². The van der Waals surface area contributed by atoms with Gasteiger partial charge in [-0.25, -0.2) is 9.18 Å². The number of carboxylic acids is 1. The van der Waals surface area contributed by atoms with Crippen molar-refractivity contribution in [1.29, 1.82) is 0 Å². The number of cyclic esters (lactones) is 1. The largest absolute Gasteiger partial charge is 0.477 e. The second-order valence-corrected chi connectivity index (χ2v) is 23.8. The molecule has 0 amide bonds. The molecule has 1 saturated carbocycles. The van der Waals surface area contributed by atoms with Gasteiger partial charge in [-0.15, -0.1) is 0 Å². The van der Waals surface area contributed by atoms with Gasteiger partial charge in [0.2, 0.25) is 5.43 Å². The third kappa shape index (κ3) is 15.2. The van der Waals surface area contributed by atoms with Crippen LogP contribution in [-0.4, -0.2) is 199 Å². The molecule has 458 valence electrons. The highest BCUT2D eigenvalue weighted by Gasteiger charge is 2.55. The summed E-state index contributed by atoms with van der Waals surface area (Å²) >= 11 is 0. The SMILES string of the molecule is CC[C@H]1OC(=O)[C@H](C)[C@@H](OC2C[C@@](C)(OC)[C@@H](OC(=O)CCNCCOCCNc3cc4c(cc3F)c(=O)c(C(=O)O)cn4C3CC3)[C@H](C)O2)[C@H](C)[C@@H](OC2O[C@H](C)C[C@H](N(C)C)[C@H]2O)[C@](C)(OC)C[C@@H](C)C(=O)[C@H](C)[C@@H](O)[C@]1(C)O. The maximum atomic E-state index is 15.1. The van der Waals surface area contributed by atoms with Crippen LogP contribution in [0.15, 0.2) is 23.1 Å². The van der Waals surface area contributed by atoms with E-state index in [2.05, 4.69) is 10.6 Å². The minimum absolute atomic E-state index is 0.00463. The highest BCUT2D eigenvalue weighted by atomic mass is 19.1. The second-order valence-electron chi connectivity index (χ2n) is 23.8. The molecular formula is C58H91FN4O18. The van der Waals surface area contributed by atoms with E-state index in [-0.39, 0.29) is 87.0 Å². The number of methoxy groups -OCH3 is 2. The molecule has 6 rings (SSSR count). The van der Waals surface area contributed by atoms with Crippen LogP contribution in [0.3, 0.4) is 0 Å². The molecule has 3 saturated heterocycles. The third-order valence-electron chi connectivity index (χ3n) is 17.3. The Kier molecular flexibility index (Phi) is 22.5. The maximum absolute atomic E-state index is 15.1. The van der Waals surface area contributed by atoms with E-state index in [4.69, 9.17) is 42.6 Å². The van der Waals surface area contributed by atoms with Crippen LogP contribution in [0.5, 0.6) is 0 Å². The summed E-state index contributed by atoms with van der Waals surface area (Å²) in [6.07, 6.45) is -6.79. The summed E-state index contributed by atoms with van der Waals surface area (Å²) < 4.78 is 73.8. The van der Waals surface area contributed by atoms with Crippen LogP contribution < -0.4 is 16.1 Å². The van der Waals surface area contributed by atoms with Crippen LogP contribution in [0.25, 0.3) is 10.9 Å². The van der Waals surface area contributed by atoms with Crippen LogP contribution >= 0.6 is 0 Å². The molecular weight excluding hydrogens is 1060 g/mol. The average Bonchev–Trinajstić information content (AvgIpc) is 4.45. The molecule has 0 bridgehead atoms. The molecule has 81 heavy (non-hydrogen) atoms. The van der Waals surface area contributed by atoms with Gasteiger partial charge in [0.1, 0.15) is 40.6 Å². The van der Waals surface area contributed by atoms with Crippen LogP contribution in [0.1, 0.15) is 131 Å². The van der Waals surface area contributed by atoms with Gasteiger partial charge >= 0.3 is 17.9 Å². The zero-order chi connectivity index (χ0) is 60.1. The normalized spacial score (nSPS) is 36.5. The number of carbonyl (C=O) groups excluding carboxylic acids is 3. The highest BCUT2D eigenvalue weighted by Crippen LogP contribution is 2.43. The van der Waals surface area contributed by atoms with E-state index in [0.29, 0.717) is 18.5 Å². The smallest absolute Gasteiger partial charge is 0.341 e. The predicted octanol–water partition coefficient (Wildman–Crippen LogP) is 4.59. The first-order valence-corrected chi connectivity index (χ1v) is 28.6. The molecule has 2 aromatic rings. The summed E-state index contributed by atoms with van der Waals surface area (Å²) in [5, 5.41) is 51.0. The number of aromatic carboxylic acids is 1. The van der Waals surface area contributed by atoms with Crippen LogP contribution in [0, 0.1) is 29.5 Å². The molecule has 1 aliphatic carbocycles. The van der Waals surface area contributed by atoms with Crippen LogP contribution in [-0.2, 0) is 57.0 Å². The van der Waals surface area contributed by atoms with Gasteiger partial charge in [0.25, 0.3) is 0 Å². The Labute approximate surface area is 474 Å². The molecule has 2 unspecified atom stereocenters. The molecule has 6 N–H and O–H groups in total. The van der Waals surface area contributed by atoms with Gasteiger partial charge in [0, 0.05) is 81.7 Å². The number of anilines is 1. The number of nitrogens with zero attached hydrogens (tertiary/aromatic N) is 2. The van der Waals surface area contributed by atoms with E-state index in [9.17, 15) is 44.4 Å². The third-order valence-corrected chi connectivity index (χ3v) is 17.3. The predicted molar refractivity (Wildman–Crippen MR) is 295 cm³/mol. The van der Waals surface area contributed by atoms with Gasteiger partial charge < -0.3 is 83.2 Å². The number of fused-ring (bicyclic) bond motifs is 1. The molecule has 23 heteroatoms. The van der Waals surface area contributed by atoms with E-state index in [1.807, 2.05) is 32.8 Å². The Hall–Kier alpha value is -4.24. The van der Waals surface area contributed by atoms with E-state index >= 15 is 4.39 Å². The Morgan fingerprint density at radius 2 is 1.54 bits per heavy atom. The molecule has 3 aliphatic heterocycles. The van der Waals surface area contributed by atoms with Crippen molar-refractivity contribution in [3.05, 3.63) is 39.9 Å². The first-order chi connectivity index (χ1) is 38.0. The minimum atomic E-state index is -2.04. The summed E-state index contributed by atoms with van der Waals surface area (Å²) in [7, 11) is 6.69. The van der Waals surface area contributed by atoms with Gasteiger partial charge in [-0.1, -0.05) is 27.7 Å². The number of benzene rings is 1. The van der Waals surface area contributed by atoms with Crippen molar-refractivity contribution < 1.29 is 86.6 Å². The number of esters is 2. The number of rotatable bonds is 21. The lowest BCUT2D eigenvalue weighted by Crippen LogP contribution is -2.61. The van der Waals surface area contributed by atoms with Crippen molar-refractivity contribution in [2.24, 2.45) is 23.7 Å². The summed E-state index contributed by atoms with van der Waals surface area (Å²) in [5.74, 6) is -7.48. The number of hydrogen-bond donors (Lipinski definition) is 6. The number of aliphatic hydroxyl groups excluding tert-OH is 2. The molecule has 1 aromatic carbocycles. The Balaban J connectivity index is 1.11. The number of aliphatic hydroxyl groups is 3. The van der Waals surface area contributed by atoms with E-state index in [1.165, 1.54) is 40.3 Å². The van der Waals surface area contributed by atoms with Crippen molar-refractivity contribution in [2.45, 2.75) is 204 Å². The summed E-state index contributed by atoms with van der Waals surface area (Å²) in [5.41, 5.74) is -5.09. The van der Waals surface area contributed by atoms with Crippen LogP contribution in [0.2, 0.25) is 0 Å². The number of hydrogen-bond acceptors (Lipinski definition) is 20. The molecule has 0 radical (unpaired) electrons. The monoisotopic (exact) mass is 1150 g/mol. The fourth-order valence-electron chi connectivity index (χ4n) is 12.1. The molecule has 4 aliphatic rings.